The van der Waals surface area contributed by atoms with E-state index in [0.717, 1.165) is 12.8 Å². The van der Waals surface area contributed by atoms with Gasteiger partial charge in [-0.3, -0.25) is 9.78 Å². The first-order valence-corrected chi connectivity index (χ1v) is 10.1. The van der Waals surface area contributed by atoms with Crippen molar-refractivity contribution in [1.82, 2.24) is 19.2 Å². The lowest BCUT2D eigenvalue weighted by atomic mass is 9.97. The maximum absolute atomic E-state index is 13.1. The Balaban J connectivity index is 1.60. The number of fused-ring (bicyclic) bond motifs is 4. The third kappa shape index (κ3) is 3.10. The van der Waals surface area contributed by atoms with Crippen molar-refractivity contribution >= 4 is 15.9 Å². The first kappa shape index (κ1) is 17.1. The van der Waals surface area contributed by atoms with Crippen LogP contribution in [0.25, 0.3) is 0 Å². The number of hydrogen-bond acceptors (Lipinski definition) is 5. The maximum atomic E-state index is 13.1. The second-order valence-electron chi connectivity index (χ2n) is 6.79. The van der Waals surface area contributed by atoms with Gasteiger partial charge < -0.3 is 4.90 Å². The number of aromatic nitrogens is 2. The molecule has 4 heterocycles. The number of rotatable bonds is 3. The van der Waals surface area contributed by atoms with Crippen LogP contribution in [0.2, 0.25) is 0 Å². The molecule has 0 saturated carbocycles. The molecule has 7 nitrogen and oxygen atoms in total. The van der Waals surface area contributed by atoms with Crippen molar-refractivity contribution in [3.8, 4) is 0 Å². The Hall–Kier alpha value is -2.32. The molecule has 3 saturated heterocycles. The lowest BCUT2D eigenvalue weighted by molar-refractivity contribution is 0.0739. The highest BCUT2D eigenvalue weighted by Crippen LogP contribution is 2.32. The fraction of sp³-hybridized carbons (Fsp3) is 0.389. The van der Waals surface area contributed by atoms with E-state index in [0.29, 0.717) is 30.2 Å². The molecule has 2 bridgehead atoms. The molecule has 5 rings (SSSR count). The molecule has 2 aromatic rings. The monoisotopic (exact) mass is 372 g/mol. The van der Waals surface area contributed by atoms with E-state index in [1.54, 1.807) is 39.5 Å². The molecule has 0 N–H and O–H groups in total. The quantitative estimate of drug-likeness (QED) is 0.813. The van der Waals surface area contributed by atoms with Crippen molar-refractivity contribution in [2.75, 3.05) is 19.6 Å². The van der Waals surface area contributed by atoms with Gasteiger partial charge in [0.15, 0.2) is 0 Å². The van der Waals surface area contributed by atoms with Crippen LogP contribution in [0.4, 0.5) is 0 Å². The summed E-state index contributed by atoms with van der Waals surface area (Å²) in [7, 11) is -3.56. The molecule has 3 fully saturated rings. The van der Waals surface area contributed by atoms with E-state index in [1.807, 2.05) is 0 Å². The molecule has 0 radical (unpaired) electrons. The van der Waals surface area contributed by atoms with E-state index in [9.17, 15) is 13.2 Å². The molecule has 26 heavy (non-hydrogen) atoms. The first-order chi connectivity index (χ1) is 12.6. The van der Waals surface area contributed by atoms with Crippen molar-refractivity contribution in [3.05, 3.63) is 54.6 Å². The first-order valence-electron chi connectivity index (χ1n) is 8.68. The molecule has 2 atom stereocenters. The van der Waals surface area contributed by atoms with E-state index in [1.165, 1.54) is 18.6 Å². The Labute approximate surface area is 152 Å². The van der Waals surface area contributed by atoms with Gasteiger partial charge in [0.05, 0.1) is 11.1 Å². The summed E-state index contributed by atoms with van der Waals surface area (Å²) in [5.74, 6) is -0.0539. The van der Waals surface area contributed by atoms with Crippen LogP contribution < -0.4 is 0 Å². The highest BCUT2D eigenvalue weighted by atomic mass is 32.2. The van der Waals surface area contributed by atoms with Gasteiger partial charge in [0.2, 0.25) is 10.0 Å². The van der Waals surface area contributed by atoms with Crippen molar-refractivity contribution in [2.45, 2.75) is 23.8 Å². The highest BCUT2D eigenvalue weighted by molar-refractivity contribution is 7.89. The minimum absolute atomic E-state index is 0.132. The number of carbonyl (C=O) groups excluding carboxylic acids is 1. The predicted molar refractivity (Wildman–Crippen MR) is 94.8 cm³/mol. The SMILES string of the molecule is O=C(c1cnccn1)N1C[C@@H]2CC[C@H](C1)N(S(=O)(=O)c1ccccc1)C2. The van der Waals surface area contributed by atoms with Crippen molar-refractivity contribution in [3.63, 3.8) is 0 Å². The van der Waals surface area contributed by atoms with Crippen LogP contribution in [-0.2, 0) is 10.0 Å². The average Bonchev–Trinajstić information content (AvgIpc) is 3.01. The molecule has 0 unspecified atom stereocenters. The highest BCUT2D eigenvalue weighted by Gasteiger charge is 2.42. The van der Waals surface area contributed by atoms with E-state index in [-0.39, 0.29) is 17.9 Å². The molecule has 1 amide bonds. The molecule has 1 aromatic heterocycles. The summed E-state index contributed by atoms with van der Waals surface area (Å²) >= 11 is 0. The Kier molecular flexibility index (Phi) is 4.46. The lowest BCUT2D eigenvalue weighted by Crippen LogP contribution is -2.47. The Morgan fingerprint density at radius 1 is 1.04 bits per heavy atom. The van der Waals surface area contributed by atoms with Crippen LogP contribution in [0.5, 0.6) is 0 Å². The van der Waals surface area contributed by atoms with Crippen LogP contribution in [-0.4, -0.2) is 59.2 Å². The van der Waals surface area contributed by atoms with E-state index < -0.39 is 10.0 Å². The molecule has 1 aromatic carbocycles. The Morgan fingerprint density at radius 2 is 1.85 bits per heavy atom. The van der Waals surface area contributed by atoms with Crippen LogP contribution in [0.15, 0.2) is 53.8 Å². The van der Waals surface area contributed by atoms with Crippen LogP contribution >= 0.6 is 0 Å². The summed E-state index contributed by atoms with van der Waals surface area (Å²) in [5, 5.41) is 0. The summed E-state index contributed by atoms with van der Waals surface area (Å²) in [6, 6.07) is 8.29. The standard InChI is InChI=1S/C18H20N4O3S/c23-18(17-10-19-8-9-20-17)21-11-14-6-7-15(13-21)22(12-14)26(24,25)16-4-2-1-3-5-16/h1-5,8-10,14-15H,6-7,11-13H2/t14-,15+/m0/s1. The number of amides is 1. The topological polar surface area (TPSA) is 83.5 Å². The Bertz CT molecular complexity index is 889. The van der Waals surface area contributed by atoms with Crippen LogP contribution in [0.1, 0.15) is 23.3 Å². The average molecular weight is 372 g/mol. The zero-order chi connectivity index (χ0) is 18.1. The second kappa shape index (κ2) is 6.77. The molecule has 3 aliphatic rings. The minimum atomic E-state index is -3.56. The van der Waals surface area contributed by atoms with Gasteiger partial charge in [-0.25, -0.2) is 13.4 Å². The zero-order valence-corrected chi connectivity index (χ0v) is 15.0. The number of benzene rings is 1. The fourth-order valence-corrected chi connectivity index (χ4v) is 5.54. The molecule has 3 aliphatic heterocycles. The van der Waals surface area contributed by atoms with Crippen molar-refractivity contribution < 1.29 is 13.2 Å². The summed E-state index contributed by atoms with van der Waals surface area (Å²) in [6.45, 7) is 1.39. The van der Waals surface area contributed by atoms with E-state index in [4.69, 9.17) is 0 Å². The second-order valence-corrected chi connectivity index (χ2v) is 8.68. The minimum Gasteiger partial charge on any atom is -0.335 e. The van der Waals surface area contributed by atoms with Gasteiger partial charge in [-0.2, -0.15) is 4.31 Å². The van der Waals surface area contributed by atoms with E-state index in [2.05, 4.69) is 9.97 Å². The van der Waals surface area contributed by atoms with Gasteiger partial charge in [-0.1, -0.05) is 18.2 Å². The molecule has 0 spiro atoms. The zero-order valence-electron chi connectivity index (χ0n) is 14.2. The number of hydrogen-bond donors (Lipinski definition) is 0. The maximum Gasteiger partial charge on any atom is 0.274 e. The summed E-state index contributed by atoms with van der Waals surface area (Å²) in [5.41, 5.74) is 0.297. The summed E-state index contributed by atoms with van der Waals surface area (Å²) in [4.78, 5) is 22.8. The van der Waals surface area contributed by atoms with Gasteiger partial charge in [0, 0.05) is 38.1 Å². The third-order valence-corrected chi connectivity index (χ3v) is 7.02. The largest absolute Gasteiger partial charge is 0.335 e. The number of piperidine rings is 1. The predicted octanol–water partition coefficient (Wildman–Crippen LogP) is 1.40. The number of nitrogens with zero attached hydrogens (tertiary/aromatic N) is 4. The molecular formula is C18H20N4O3S. The van der Waals surface area contributed by atoms with Gasteiger partial charge in [0.1, 0.15) is 5.69 Å². The van der Waals surface area contributed by atoms with Crippen molar-refractivity contribution in [2.24, 2.45) is 5.92 Å². The number of carbonyl (C=O) groups is 1. The molecule has 136 valence electrons. The smallest absolute Gasteiger partial charge is 0.274 e. The fourth-order valence-electron chi connectivity index (χ4n) is 3.80. The van der Waals surface area contributed by atoms with Gasteiger partial charge in [0.25, 0.3) is 5.91 Å². The molecule has 8 heteroatoms. The van der Waals surface area contributed by atoms with E-state index >= 15 is 0 Å². The third-order valence-electron chi connectivity index (χ3n) is 5.08. The molecular weight excluding hydrogens is 352 g/mol. The lowest BCUT2D eigenvalue weighted by Gasteiger charge is -2.34. The normalized spacial score (nSPS) is 23.6. The van der Waals surface area contributed by atoms with Gasteiger partial charge in [-0.15, -0.1) is 0 Å². The summed E-state index contributed by atoms with van der Waals surface area (Å²) < 4.78 is 27.7. The summed E-state index contributed by atoms with van der Waals surface area (Å²) in [6.07, 6.45) is 6.16. The molecule has 0 aliphatic carbocycles. The number of sulfonamides is 1. The van der Waals surface area contributed by atoms with Gasteiger partial charge >= 0.3 is 0 Å². The van der Waals surface area contributed by atoms with Crippen molar-refractivity contribution in [1.29, 1.82) is 0 Å². The van der Waals surface area contributed by atoms with Crippen LogP contribution in [0.3, 0.4) is 0 Å². The van der Waals surface area contributed by atoms with Gasteiger partial charge in [-0.05, 0) is 30.9 Å². The Morgan fingerprint density at radius 3 is 2.58 bits per heavy atom. The van der Waals surface area contributed by atoms with Crippen LogP contribution in [0, 0.1) is 5.92 Å².